The van der Waals surface area contributed by atoms with E-state index in [0.717, 1.165) is 37.4 Å². The van der Waals surface area contributed by atoms with Gasteiger partial charge in [0.1, 0.15) is 5.82 Å². The molecule has 0 radical (unpaired) electrons. The van der Waals surface area contributed by atoms with Crippen LogP contribution >= 0.6 is 0 Å². The van der Waals surface area contributed by atoms with Crippen LogP contribution < -0.4 is 5.32 Å². The number of carbonyl (C=O) groups excluding carboxylic acids is 1. The van der Waals surface area contributed by atoms with Crippen molar-refractivity contribution in [2.45, 2.75) is 51.1 Å². The molecule has 2 fully saturated rings. The third-order valence-corrected chi connectivity index (χ3v) is 5.01. The summed E-state index contributed by atoms with van der Waals surface area (Å²) in [5, 5.41) is 3.01. The van der Waals surface area contributed by atoms with Gasteiger partial charge in [0.05, 0.1) is 6.04 Å². The van der Waals surface area contributed by atoms with Gasteiger partial charge in [-0.1, -0.05) is 25.0 Å². The summed E-state index contributed by atoms with van der Waals surface area (Å²) in [6, 6.07) is 6.34. The smallest absolute Gasteiger partial charge is 0.237 e. The highest BCUT2D eigenvalue weighted by Crippen LogP contribution is 2.28. The first kappa shape index (κ1) is 15.5. The number of nitrogens with one attached hydrogen (secondary N) is 1. The molecule has 1 heterocycles. The Morgan fingerprint density at radius 1 is 1.14 bits per heavy atom. The average Bonchev–Trinajstić information content (AvgIpc) is 3.19. The minimum absolute atomic E-state index is 0.0287. The number of halogens is 1. The monoisotopic (exact) mass is 304 g/mol. The van der Waals surface area contributed by atoms with Crippen LogP contribution in [0.5, 0.6) is 0 Å². The molecule has 1 aliphatic carbocycles. The summed E-state index contributed by atoms with van der Waals surface area (Å²) in [5.41, 5.74) is 0.940. The van der Waals surface area contributed by atoms with Crippen molar-refractivity contribution in [2.75, 3.05) is 13.1 Å². The summed E-state index contributed by atoms with van der Waals surface area (Å²) >= 11 is 0. The fraction of sp³-hybridized carbons (Fsp3) is 0.611. The van der Waals surface area contributed by atoms with Gasteiger partial charge in [-0.3, -0.25) is 9.69 Å². The lowest BCUT2D eigenvalue weighted by Gasteiger charge is -2.26. The molecule has 4 heteroatoms. The highest BCUT2D eigenvalue weighted by Gasteiger charge is 2.32. The van der Waals surface area contributed by atoms with Crippen LogP contribution in [0.15, 0.2) is 24.3 Å². The minimum atomic E-state index is -0.242. The molecule has 0 bridgehead atoms. The lowest BCUT2D eigenvalue weighted by Crippen LogP contribution is -2.44. The lowest BCUT2D eigenvalue weighted by atomic mass is 10.1. The van der Waals surface area contributed by atoms with Gasteiger partial charge in [0.2, 0.25) is 5.91 Å². The Hall–Kier alpha value is -1.42. The molecule has 0 unspecified atom stereocenters. The number of likely N-dealkylation sites (tertiary alicyclic amines) is 1. The summed E-state index contributed by atoms with van der Waals surface area (Å²) < 4.78 is 12.9. The maximum Gasteiger partial charge on any atom is 0.237 e. The van der Waals surface area contributed by atoms with Crippen molar-refractivity contribution < 1.29 is 9.18 Å². The molecule has 1 aromatic rings. The molecule has 1 saturated carbocycles. The molecule has 22 heavy (non-hydrogen) atoms. The molecule has 1 aromatic carbocycles. The first-order valence-electron chi connectivity index (χ1n) is 8.48. The van der Waals surface area contributed by atoms with Gasteiger partial charge in [0.15, 0.2) is 0 Å². The Labute approximate surface area is 131 Å². The molecule has 1 N–H and O–H groups in total. The number of rotatable bonds is 5. The van der Waals surface area contributed by atoms with Crippen LogP contribution in [-0.4, -0.2) is 29.9 Å². The van der Waals surface area contributed by atoms with E-state index in [1.54, 1.807) is 12.1 Å². The third kappa shape index (κ3) is 3.86. The summed E-state index contributed by atoms with van der Waals surface area (Å²) in [6.07, 6.45) is 7.41. The second kappa shape index (κ2) is 7.23. The Morgan fingerprint density at radius 2 is 1.86 bits per heavy atom. The predicted octanol–water partition coefficient (Wildman–Crippen LogP) is 3.10. The highest BCUT2D eigenvalue weighted by atomic mass is 19.1. The van der Waals surface area contributed by atoms with E-state index in [1.807, 2.05) is 0 Å². The molecule has 1 atom stereocenters. The van der Waals surface area contributed by atoms with Gasteiger partial charge in [0.25, 0.3) is 0 Å². The summed E-state index contributed by atoms with van der Waals surface area (Å²) in [5.74, 6) is 0.666. The van der Waals surface area contributed by atoms with E-state index in [4.69, 9.17) is 0 Å². The van der Waals surface area contributed by atoms with Crippen molar-refractivity contribution in [2.24, 2.45) is 5.92 Å². The predicted molar refractivity (Wildman–Crippen MR) is 84.8 cm³/mol. The van der Waals surface area contributed by atoms with Crippen LogP contribution in [0.1, 0.15) is 44.1 Å². The average molecular weight is 304 g/mol. The Kier molecular flexibility index (Phi) is 5.08. The largest absolute Gasteiger partial charge is 0.351 e. The normalized spacial score (nSPS) is 23.0. The van der Waals surface area contributed by atoms with Gasteiger partial charge in [-0.05, 0) is 55.8 Å². The van der Waals surface area contributed by atoms with E-state index in [1.165, 1.54) is 37.8 Å². The van der Waals surface area contributed by atoms with E-state index in [-0.39, 0.29) is 17.8 Å². The van der Waals surface area contributed by atoms with Crippen LogP contribution in [0.2, 0.25) is 0 Å². The zero-order valence-corrected chi connectivity index (χ0v) is 13.1. The minimum Gasteiger partial charge on any atom is -0.351 e. The first-order chi connectivity index (χ1) is 10.7. The quantitative estimate of drug-likeness (QED) is 0.906. The van der Waals surface area contributed by atoms with Crippen molar-refractivity contribution in [3.63, 3.8) is 0 Å². The second-order valence-corrected chi connectivity index (χ2v) is 6.65. The highest BCUT2D eigenvalue weighted by molar-refractivity contribution is 5.82. The van der Waals surface area contributed by atoms with Gasteiger partial charge in [-0.2, -0.15) is 0 Å². The molecule has 0 spiro atoms. The van der Waals surface area contributed by atoms with Gasteiger partial charge in [-0.15, -0.1) is 0 Å². The number of benzene rings is 1. The molecule has 1 amide bonds. The molecular formula is C18H25FN2O. The summed E-state index contributed by atoms with van der Waals surface area (Å²) in [7, 11) is 0. The number of hydrogen-bond donors (Lipinski definition) is 1. The SMILES string of the molecule is O=C(NCc1ccc(F)cc1)[C@H]1CCCN1CC1CCCC1. The summed E-state index contributed by atoms with van der Waals surface area (Å²) in [6.45, 7) is 2.60. The van der Waals surface area contributed by atoms with E-state index >= 15 is 0 Å². The first-order valence-corrected chi connectivity index (χ1v) is 8.48. The van der Waals surface area contributed by atoms with Gasteiger partial charge in [-0.25, -0.2) is 4.39 Å². The number of carbonyl (C=O) groups is 1. The van der Waals surface area contributed by atoms with Crippen LogP contribution in [0.25, 0.3) is 0 Å². The molecule has 2 aliphatic rings. The molecule has 3 nitrogen and oxygen atoms in total. The molecule has 120 valence electrons. The van der Waals surface area contributed by atoms with Gasteiger partial charge in [0, 0.05) is 13.1 Å². The van der Waals surface area contributed by atoms with Crippen LogP contribution in [0, 0.1) is 11.7 Å². The van der Waals surface area contributed by atoms with E-state index < -0.39 is 0 Å². The van der Waals surface area contributed by atoms with Crippen LogP contribution in [-0.2, 0) is 11.3 Å². The second-order valence-electron chi connectivity index (χ2n) is 6.65. The topological polar surface area (TPSA) is 32.3 Å². The number of nitrogens with zero attached hydrogens (tertiary/aromatic N) is 1. The summed E-state index contributed by atoms with van der Waals surface area (Å²) in [4.78, 5) is 14.8. The zero-order valence-electron chi connectivity index (χ0n) is 13.1. The van der Waals surface area contributed by atoms with Crippen molar-refractivity contribution >= 4 is 5.91 Å². The van der Waals surface area contributed by atoms with E-state index in [9.17, 15) is 9.18 Å². The standard InChI is InChI=1S/C18H25FN2O/c19-16-9-7-14(8-10-16)12-20-18(22)17-6-3-11-21(17)13-15-4-1-2-5-15/h7-10,15,17H,1-6,11-13H2,(H,20,22)/t17-/m1/s1. The third-order valence-electron chi connectivity index (χ3n) is 5.01. The van der Waals surface area contributed by atoms with E-state index in [2.05, 4.69) is 10.2 Å². The Balaban J connectivity index is 1.50. The maximum atomic E-state index is 12.9. The Bertz CT molecular complexity index is 496. The zero-order chi connectivity index (χ0) is 15.4. The molecule has 3 rings (SSSR count). The van der Waals surface area contributed by atoms with Crippen molar-refractivity contribution in [1.29, 1.82) is 0 Å². The van der Waals surface area contributed by atoms with Crippen LogP contribution in [0.4, 0.5) is 4.39 Å². The fourth-order valence-corrected chi connectivity index (χ4v) is 3.78. The molecule has 0 aromatic heterocycles. The number of hydrogen-bond acceptors (Lipinski definition) is 2. The molecule has 1 saturated heterocycles. The molecule has 1 aliphatic heterocycles. The van der Waals surface area contributed by atoms with E-state index in [0.29, 0.717) is 6.54 Å². The van der Waals surface area contributed by atoms with Crippen molar-refractivity contribution in [3.8, 4) is 0 Å². The van der Waals surface area contributed by atoms with Crippen molar-refractivity contribution in [1.82, 2.24) is 10.2 Å². The fourth-order valence-electron chi connectivity index (χ4n) is 3.78. The Morgan fingerprint density at radius 3 is 2.59 bits per heavy atom. The van der Waals surface area contributed by atoms with Crippen molar-refractivity contribution in [3.05, 3.63) is 35.6 Å². The van der Waals surface area contributed by atoms with Crippen LogP contribution in [0.3, 0.4) is 0 Å². The van der Waals surface area contributed by atoms with Gasteiger partial charge >= 0.3 is 0 Å². The molecular weight excluding hydrogens is 279 g/mol. The van der Waals surface area contributed by atoms with Gasteiger partial charge < -0.3 is 5.32 Å². The maximum absolute atomic E-state index is 12.9. The lowest BCUT2D eigenvalue weighted by molar-refractivity contribution is -0.125. The number of amides is 1.